The average molecular weight is 309 g/mol. The minimum absolute atomic E-state index is 0.0562. The summed E-state index contributed by atoms with van der Waals surface area (Å²) in [5.41, 5.74) is -0.737. The normalized spacial score (nSPS) is 17.6. The Morgan fingerprint density at radius 1 is 1.30 bits per heavy atom. The molecule has 0 fully saturated rings. The molecule has 0 amide bonds. The molecule has 1 aromatic heterocycles. The molecule has 1 unspecified atom stereocenters. The third kappa shape index (κ3) is 2.93. The van der Waals surface area contributed by atoms with E-state index >= 15 is 0 Å². The van der Waals surface area contributed by atoms with Crippen molar-refractivity contribution in [3.8, 4) is 0 Å². The molecular formula is C11H14F3N3O2S. The summed E-state index contributed by atoms with van der Waals surface area (Å²) in [6.07, 6.45) is -3.49. The predicted molar refractivity (Wildman–Crippen MR) is 65.7 cm³/mol. The van der Waals surface area contributed by atoms with Crippen molar-refractivity contribution in [2.24, 2.45) is 0 Å². The predicted octanol–water partition coefficient (Wildman–Crippen LogP) is 1.25. The second-order valence-electron chi connectivity index (χ2n) is 4.75. The molecule has 5 nitrogen and oxygen atoms in total. The molecule has 9 heteroatoms. The van der Waals surface area contributed by atoms with E-state index in [1.54, 1.807) is 0 Å². The Kier molecular flexibility index (Phi) is 3.76. The fourth-order valence-corrected chi connectivity index (χ4v) is 2.47. The van der Waals surface area contributed by atoms with Gasteiger partial charge in [0.15, 0.2) is 15.5 Å². The molecule has 0 spiro atoms. The van der Waals surface area contributed by atoms with Crippen molar-refractivity contribution in [1.29, 1.82) is 0 Å². The molecule has 20 heavy (non-hydrogen) atoms. The van der Waals surface area contributed by atoms with Gasteiger partial charge in [-0.15, -0.1) is 0 Å². The first-order chi connectivity index (χ1) is 9.10. The quantitative estimate of drug-likeness (QED) is 0.890. The highest BCUT2D eigenvalue weighted by atomic mass is 32.2. The van der Waals surface area contributed by atoms with Crippen molar-refractivity contribution in [3.63, 3.8) is 0 Å². The zero-order valence-corrected chi connectivity index (χ0v) is 11.8. The summed E-state index contributed by atoms with van der Waals surface area (Å²) in [6, 6.07) is 0. The van der Waals surface area contributed by atoms with Crippen LogP contribution in [0.15, 0.2) is 0 Å². The van der Waals surface area contributed by atoms with E-state index in [-0.39, 0.29) is 30.0 Å². The van der Waals surface area contributed by atoms with E-state index in [1.165, 1.54) is 6.92 Å². The summed E-state index contributed by atoms with van der Waals surface area (Å²) in [5.74, 6) is -0.303. The Hall–Kier alpha value is -1.22. The molecular weight excluding hydrogens is 295 g/mol. The van der Waals surface area contributed by atoms with E-state index in [4.69, 9.17) is 0 Å². The van der Waals surface area contributed by atoms with E-state index in [9.17, 15) is 21.6 Å². The summed E-state index contributed by atoms with van der Waals surface area (Å²) >= 11 is 0. The Morgan fingerprint density at radius 2 is 1.95 bits per heavy atom. The van der Waals surface area contributed by atoms with Crippen LogP contribution in [0.25, 0.3) is 0 Å². The third-order valence-corrected chi connectivity index (χ3v) is 4.72. The highest BCUT2D eigenvalue weighted by Crippen LogP contribution is 2.34. The minimum Gasteiger partial charge on any atom is -0.311 e. The van der Waals surface area contributed by atoms with Gasteiger partial charge in [0.05, 0.1) is 5.69 Å². The Bertz CT molecular complexity index is 629. The number of fused-ring (bicyclic) bond motifs is 1. The number of hydrogen-bond acceptors (Lipinski definition) is 5. The highest BCUT2D eigenvalue weighted by Gasteiger charge is 2.39. The maximum Gasteiger partial charge on any atom is 0.433 e. The van der Waals surface area contributed by atoms with E-state index in [2.05, 4.69) is 15.3 Å². The molecule has 1 N–H and O–H groups in total. The molecule has 2 rings (SSSR count). The third-order valence-electron chi connectivity index (χ3n) is 3.23. The molecule has 0 aromatic carbocycles. The first-order valence-corrected chi connectivity index (χ1v) is 7.92. The van der Waals surface area contributed by atoms with Gasteiger partial charge in [0.1, 0.15) is 11.1 Å². The highest BCUT2D eigenvalue weighted by molar-refractivity contribution is 7.90. The molecule has 1 aromatic rings. The van der Waals surface area contributed by atoms with Crippen molar-refractivity contribution >= 4 is 9.84 Å². The Balaban J connectivity index is 2.62. The first-order valence-electron chi connectivity index (χ1n) is 5.97. The lowest BCUT2D eigenvalue weighted by molar-refractivity contribution is -0.142. The lowest BCUT2D eigenvalue weighted by Crippen LogP contribution is -2.30. The van der Waals surface area contributed by atoms with Crippen LogP contribution >= 0.6 is 0 Å². The lowest BCUT2D eigenvalue weighted by Gasteiger charge is -2.22. The summed E-state index contributed by atoms with van der Waals surface area (Å²) in [6.45, 7) is 1.89. The minimum atomic E-state index is -4.61. The Morgan fingerprint density at radius 3 is 2.50 bits per heavy atom. The first kappa shape index (κ1) is 15.2. The summed E-state index contributed by atoms with van der Waals surface area (Å²) in [4.78, 5) is 7.48. The summed E-state index contributed by atoms with van der Waals surface area (Å²) in [5, 5.41) is 1.75. The number of rotatable bonds is 2. The van der Waals surface area contributed by atoms with Gasteiger partial charge >= 0.3 is 6.18 Å². The second-order valence-corrected chi connectivity index (χ2v) is 7.12. The van der Waals surface area contributed by atoms with Gasteiger partial charge in [0.25, 0.3) is 0 Å². The van der Waals surface area contributed by atoms with Crippen LogP contribution in [0.1, 0.15) is 34.9 Å². The molecule has 0 saturated carbocycles. The van der Waals surface area contributed by atoms with Gasteiger partial charge in [-0.05, 0) is 19.9 Å². The van der Waals surface area contributed by atoms with Gasteiger partial charge in [-0.3, -0.25) is 0 Å². The van der Waals surface area contributed by atoms with Crippen LogP contribution in [0.3, 0.4) is 0 Å². The van der Waals surface area contributed by atoms with Crippen molar-refractivity contribution in [2.45, 2.75) is 31.3 Å². The van der Waals surface area contributed by atoms with Crippen LogP contribution in [0.4, 0.5) is 13.2 Å². The van der Waals surface area contributed by atoms with Crippen molar-refractivity contribution in [3.05, 3.63) is 22.8 Å². The van der Waals surface area contributed by atoms with Crippen LogP contribution in [-0.2, 0) is 29.0 Å². The van der Waals surface area contributed by atoms with Gasteiger partial charge in [-0.25, -0.2) is 18.4 Å². The fraction of sp³-hybridized carbons (Fsp3) is 0.636. The molecule has 2 heterocycles. The van der Waals surface area contributed by atoms with Gasteiger partial charge in [0.2, 0.25) is 0 Å². The Labute approximate surface area is 114 Å². The van der Waals surface area contributed by atoms with Crippen molar-refractivity contribution in [1.82, 2.24) is 15.3 Å². The van der Waals surface area contributed by atoms with Crippen LogP contribution < -0.4 is 5.32 Å². The van der Waals surface area contributed by atoms with Crippen LogP contribution in [-0.4, -0.2) is 31.2 Å². The van der Waals surface area contributed by atoms with Crippen molar-refractivity contribution in [2.75, 3.05) is 12.8 Å². The number of hydrogen-bond donors (Lipinski definition) is 1. The molecule has 0 bridgehead atoms. The smallest absolute Gasteiger partial charge is 0.311 e. The average Bonchev–Trinajstić information content (AvgIpc) is 2.34. The number of halogens is 3. The molecule has 0 saturated heterocycles. The van der Waals surface area contributed by atoms with Crippen LogP contribution in [0, 0.1) is 0 Å². The topological polar surface area (TPSA) is 72.0 Å². The zero-order valence-electron chi connectivity index (χ0n) is 11.0. The van der Waals surface area contributed by atoms with Gasteiger partial charge in [0, 0.05) is 18.4 Å². The second kappa shape index (κ2) is 4.96. The molecule has 112 valence electrons. The van der Waals surface area contributed by atoms with Crippen LogP contribution in [0.2, 0.25) is 0 Å². The maximum absolute atomic E-state index is 13.1. The van der Waals surface area contributed by atoms with Gasteiger partial charge in [-0.1, -0.05) is 0 Å². The van der Waals surface area contributed by atoms with E-state index in [0.717, 1.165) is 6.26 Å². The maximum atomic E-state index is 13.1. The van der Waals surface area contributed by atoms with E-state index < -0.39 is 27.0 Å². The van der Waals surface area contributed by atoms with Crippen LogP contribution in [0.5, 0.6) is 0 Å². The lowest BCUT2D eigenvalue weighted by atomic mass is 10.0. The zero-order chi connectivity index (χ0) is 15.1. The molecule has 0 radical (unpaired) electrons. The SMILES string of the molecule is CC(c1nc2c(c(C(F)(F)F)n1)CCNC2)S(C)(=O)=O. The number of aromatic nitrogens is 2. The number of nitrogens with one attached hydrogen (secondary N) is 1. The summed E-state index contributed by atoms with van der Waals surface area (Å²) < 4.78 is 62.1. The summed E-state index contributed by atoms with van der Waals surface area (Å²) in [7, 11) is -3.56. The number of nitrogens with zero attached hydrogens (tertiary/aromatic N) is 2. The van der Waals surface area contributed by atoms with Gasteiger partial charge in [-0.2, -0.15) is 13.2 Å². The van der Waals surface area contributed by atoms with Gasteiger partial charge < -0.3 is 5.32 Å². The molecule has 1 aliphatic rings. The van der Waals surface area contributed by atoms with Crippen molar-refractivity contribution < 1.29 is 21.6 Å². The van der Waals surface area contributed by atoms with E-state index in [0.29, 0.717) is 6.54 Å². The largest absolute Gasteiger partial charge is 0.433 e. The molecule has 1 atom stereocenters. The fourth-order valence-electron chi connectivity index (χ4n) is 1.99. The molecule has 1 aliphatic heterocycles. The molecule has 0 aliphatic carbocycles. The standard InChI is InChI=1S/C11H14F3N3O2S/c1-6(20(2,18)19)10-16-8-5-15-4-3-7(8)9(17-10)11(12,13)14/h6,15H,3-5H2,1-2H3. The number of sulfone groups is 1. The van der Waals surface area contributed by atoms with E-state index in [1.807, 2.05) is 0 Å². The monoisotopic (exact) mass is 309 g/mol. The number of alkyl halides is 3.